The summed E-state index contributed by atoms with van der Waals surface area (Å²) in [4.78, 5) is 14.9. The Balaban J connectivity index is 1.77. The highest BCUT2D eigenvalue weighted by atomic mass is 16.2. The van der Waals surface area contributed by atoms with Gasteiger partial charge >= 0.3 is 0 Å². The van der Waals surface area contributed by atoms with Crippen LogP contribution in [0.4, 0.5) is 0 Å². The molecule has 3 rings (SSSR count). The molecule has 2 fully saturated rings. The van der Waals surface area contributed by atoms with E-state index in [4.69, 9.17) is 0 Å². The van der Waals surface area contributed by atoms with Crippen LogP contribution in [0.3, 0.4) is 0 Å². The first-order chi connectivity index (χ1) is 10.1. The Kier molecular flexibility index (Phi) is 4.03. The van der Waals surface area contributed by atoms with Crippen LogP contribution < -0.4 is 5.32 Å². The normalized spacial score (nSPS) is 32.0. The van der Waals surface area contributed by atoms with Crippen molar-refractivity contribution in [2.75, 3.05) is 6.54 Å². The maximum Gasteiger partial charge on any atom is 0.245 e. The van der Waals surface area contributed by atoms with Crippen molar-refractivity contribution >= 4 is 5.91 Å². The lowest BCUT2D eigenvalue weighted by Gasteiger charge is -2.25. The Morgan fingerprint density at radius 1 is 1.29 bits per heavy atom. The predicted molar refractivity (Wildman–Crippen MR) is 84.5 cm³/mol. The molecule has 0 spiro atoms. The first-order valence-electron chi connectivity index (χ1n) is 8.17. The smallest absolute Gasteiger partial charge is 0.245 e. The van der Waals surface area contributed by atoms with Crippen LogP contribution in [0.2, 0.25) is 0 Å². The molecule has 1 saturated carbocycles. The van der Waals surface area contributed by atoms with Crippen LogP contribution in [-0.2, 0) is 4.79 Å². The molecule has 2 aliphatic rings. The zero-order chi connectivity index (χ0) is 15.0. The lowest BCUT2D eigenvalue weighted by molar-refractivity contribution is -0.130. The molecule has 1 saturated heterocycles. The third kappa shape index (κ3) is 3.13. The summed E-state index contributed by atoms with van der Waals surface area (Å²) in [6.45, 7) is 7.65. The molecular weight excluding hydrogens is 260 g/mol. The van der Waals surface area contributed by atoms with E-state index in [0.717, 1.165) is 24.4 Å². The molecule has 0 bridgehead atoms. The molecule has 21 heavy (non-hydrogen) atoms. The Labute approximate surface area is 127 Å². The largest absolute Gasteiger partial charge is 0.325 e. The van der Waals surface area contributed by atoms with Crippen LogP contribution in [0, 0.1) is 17.8 Å². The number of carbonyl (C=O) groups is 1. The highest BCUT2D eigenvalue weighted by Gasteiger charge is 2.44. The van der Waals surface area contributed by atoms with Gasteiger partial charge in [-0.2, -0.15) is 0 Å². The van der Waals surface area contributed by atoms with Crippen LogP contribution >= 0.6 is 0 Å². The molecule has 1 heterocycles. The van der Waals surface area contributed by atoms with Crippen molar-refractivity contribution in [1.82, 2.24) is 10.2 Å². The summed E-state index contributed by atoms with van der Waals surface area (Å²) in [5.74, 6) is 2.34. The second-order valence-electron chi connectivity index (χ2n) is 7.12. The molecule has 0 aromatic heterocycles. The van der Waals surface area contributed by atoms with E-state index >= 15 is 0 Å². The van der Waals surface area contributed by atoms with E-state index in [1.165, 1.54) is 6.42 Å². The third-order valence-corrected chi connectivity index (χ3v) is 4.80. The van der Waals surface area contributed by atoms with Crippen molar-refractivity contribution in [3.05, 3.63) is 35.9 Å². The molecule has 4 unspecified atom stereocenters. The average molecular weight is 286 g/mol. The standard InChI is InChI=1S/C18H26N2O/c1-12(2)9-16-19-17(14-7-5-4-6-8-14)18(21)20(16)11-15-10-13(15)3/h4-8,12-13,15-17,19H,9-11H2,1-3H3. The van der Waals surface area contributed by atoms with Gasteiger partial charge < -0.3 is 4.90 Å². The van der Waals surface area contributed by atoms with Crippen molar-refractivity contribution < 1.29 is 4.79 Å². The SMILES string of the molecule is CC(C)CC1NC(c2ccccc2)C(=O)N1CC1CC1C. The maximum absolute atomic E-state index is 12.8. The minimum absolute atomic E-state index is 0.163. The molecule has 3 nitrogen and oxygen atoms in total. The third-order valence-electron chi connectivity index (χ3n) is 4.80. The molecule has 0 radical (unpaired) electrons. The van der Waals surface area contributed by atoms with E-state index in [2.05, 4.69) is 31.0 Å². The second kappa shape index (κ2) is 5.80. The van der Waals surface area contributed by atoms with Gasteiger partial charge in [-0.3, -0.25) is 10.1 Å². The van der Waals surface area contributed by atoms with Gasteiger partial charge in [-0.05, 0) is 36.2 Å². The molecule has 1 aliphatic carbocycles. The van der Waals surface area contributed by atoms with E-state index in [1.807, 2.05) is 30.3 Å². The molecule has 3 heteroatoms. The van der Waals surface area contributed by atoms with Gasteiger partial charge in [0.2, 0.25) is 5.91 Å². The summed E-state index contributed by atoms with van der Waals surface area (Å²) >= 11 is 0. The van der Waals surface area contributed by atoms with Crippen LogP contribution in [-0.4, -0.2) is 23.5 Å². The summed E-state index contributed by atoms with van der Waals surface area (Å²) < 4.78 is 0. The number of hydrogen-bond donors (Lipinski definition) is 1. The number of nitrogens with one attached hydrogen (secondary N) is 1. The van der Waals surface area contributed by atoms with Gasteiger partial charge in [0.1, 0.15) is 6.04 Å². The Bertz CT molecular complexity index is 499. The first kappa shape index (κ1) is 14.6. The van der Waals surface area contributed by atoms with E-state index in [-0.39, 0.29) is 18.1 Å². The highest BCUT2D eigenvalue weighted by Crippen LogP contribution is 2.40. The fourth-order valence-corrected chi connectivity index (χ4v) is 3.32. The number of benzene rings is 1. The lowest BCUT2D eigenvalue weighted by atomic mass is 10.1. The predicted octanol–water partition coefficient (Wildman–Crippen LogP) is 3.19. The van der Waals surface area contributed by atoms with Gasteiger partial charge in [0.25, 0.3) is 0 Å². The number of carbonyl (C=O) groups excluding carboxylic acids is 1. The van der Waals surface area contributed by atoms with Crippen molar-refractivity contribution in [2.24, 2.45) is 17.8 Å². The second-order valence-corrected chi connectivity index (χ2v) is 7.12. The molecule has 1 aliphatic heterocycles. The summed E-state index contributed by atoms with van der Waals surface area (Å²) in [5, 5.41) is 3.56. The minimum Gasteiger partial charge on any atom is -0.325 e. The fraction of sp³-hybridized carbons (Fsp3) is 0.611. The van der Waals surface area contributed by atoms with Gasteiger partial charge in [0.05, 0.1) is 6.17 Å². The molecular formula is C18H26N2O. The van der Waals surface area contributed by atoms with E-state index in [1.54, 1.807) is 0 Å². The number of amides is 1. The number of rotatable bonds is 5. The number of nitrogens with zero attached hydrogens (tertiary/aromatic N) is 1. The summed E-state index contributed by atoms with van der Waals surface area (Å²) in [7, 11) is 0. The van der Waals surface area contributed by atoms with Crippen LogP contribution in [0.5, 0.6) is 0 Å². The monoisotopic (exact) mass is 286 g/mol. The van der Waals surface area contributed by atoms with Crippen molar-refractivity contribution in [3.8, 4) is 0 Å². The molecule has 4 atom stereocenters. The maximum atomic E-state index is 12.8. The van der Waals surface area contributed by atoms with E-state index in [9.17, 15) is 4.79 Å². The summed E-state index contributed by atoms with van der Waals surface area (Å²) in [6, 6.07) is 9.94. The van der Waals surface area contributed by atoms with Crippen molar-refractivity contribution in [1.29, 1.82) is 0 Å². The van der Waals surface area contributed by atoms with E-state index < -0.39 is 0 Å². The Morgan fingerprint density at radius 2 is 1.95 bits per heavy atom. The van der Waals surface area contributed by atoms with E-state index in [0.29, 0.717) is 11.8 Å². The van der Waals surface area contributed by atoms with Gasteiger partial charge in [-0.15, -0.1) is 0 Å². The van der Waals surface area contributed by atoms with Crippen LogP contribution in [0.15, 0.2) is 30.3 Å². The van der Waals surface area contributed by atoms with Gasteiger partial charge in [-0.1, -0.05) is 51.1 Å². The summed E-state index contributed by atoms with van der Waals surface area (Å²) in [5.41, 5.74) is 1.09. The average Bonchev–Trinajstić information content (AvgIpc) is 3.07. The van der Waals surface area contributed by atoms with Gasteiger partial charge in [0, 0.05) is 6.54 Å². The van der Waals surface area contributed by atoms with Gasteiger partial charge in [0.15, 0.2) is 0 Å². The highest BCUT2D eigenvalue weighted by molar-refractivity contribution is 5.85. The molecule has 1 aromatic carbocycles. The van der Waals surface area contributed by atoms with Crippen molar-refractivity contribution in [2.45, 2.75) is 45.8 Å². The topological polar surface area (TPSA) is 32.3 Å². The number of hydrogen-bond acceptors (Lipinski definition) is 2. The molecule has 1 aromatic rings. The van der Waals surface area contributed by atoms with Crippen LogP contribution in [0.25, 0.3) is 0 Å². The lowest BCUT2D eigenvalue weighted by Crippen LogP contribution is -2.39. The Morgan fingerprint density at radius 3 is 2.52 bits per heavy atom. The zero-order valence-corrected chi connectivity index (χ0v) is 13.3. The van der Waals surface area contributed by atoms with Crippen molar-refractivity contribution in [3.63, 3.8) is 0 Å². The summed E-state index contributed by atoms with van der Waals surface area (Å²) in [6.07, 6.45) is 2.49. The minimum atomic E-state index is -0.163. The molecule has 114 valence electrons. The molecule has 1 amide bonds. The first-order valence-corrected chi connectivity index (χ1v) is 8.17. The zero-order valence-electron chi connectivity index (χ0n) is 13.3. The molecule has 1 N–H and O–H groups in total. The van der Waals surface area contributed by atoms with Crippen LogP contribution in [0.1, 0.15) is 45.2 Å². The quantitative estimate of drug-likeness (QED) is 0.901. The fourth-order valence-electron chi connectivity index (χ4n) is 3.32. The van der Waals surface area contributed by atoms with Gasteiger partial charge in [-0.25, -0.2) is 0 Å². The Hall–Kier alpha value is -1.35.